The average Bonchev–Trinajstić information content (AvgIpc) is 3.02. The molecule has 3 rings (SSSR count). The molecule has 1 aromatic heterocycles. The summed E-state index contributed by atoms with van der Waals surface area (Å²) in [6.07, 6.45) is 0. The number of carbonyl (C=O) groups excluding carboxylic acids is 1. The van der Waals surface area contributed by atoms with E-state index in [4.69, 9.17) is 4.74 Å². The van der Waals surface area contributed by atoms with Gasteiger partial charge in [-0.3, -0.25) is 14.9 Å². The van der Waals surface area contributed by atoms with Crippen LogP contribution in [0.1, 0.15) is 10.4 Å². The van der Waals surface area contributed by atoms with Crippen LogP contribution < -0.4 is 9.54 Å². The third-order valence-corrected chi connectivity index (χ3v) is 7.26. The molecule has 0 atom stereocenters. The second-order valence-corrected chi connectivity index (χ2v) is 9.59. The fourth-order valence-electron chi connectivity index (χ4n) is 2.73. The first-order valence-corrected chi connectivity index (χ1v) is 10.8. The SMILES string of the molecule is COc1cc([N+](=O)[O-])cc2sc(=NC(=O)c3ccc(S(=O)(=O)N(C)C)cc3)n(C)c12. The van der Waals surface area contributed by atoms with Crippen LogP contribution in [0.15, 0.2) is 46.3 Å². The van der Waals surface area contributed by atoms with Gasteiger partial charge in [0, 0.05) is 32.8 Å². The second-order valence-electron chi connectivity index (χ2n) is 6.42. The Morgan fingerprint density at radius 1 is 1.23 bits per heavy atom. The molecule has 2 aromatic carbocycles. The van der Waals surface area contributed by atoms with Gasteiger partial charge in [-0.05, 0) is 24.3 Å². The van der Waals surface area contributed by atoms with E-state index in [0.717, 1.165) is 15.6 Å². The van der Waals surface area contributed by atoms with E-state index in [-0.39, 0.29) is 16.1 Å². The number of aryl methyl sites for hydroxylation is 1. The Bertz CT molecular complexity index is 1320. The molecule has 0 aliphatic rings. The second kappa shape index (κ2) is 7.97. The lowest BCUT2D eigenvalue weighted by molar-refractivity contribution is -0.384. The number of fused-ring (bicyclic) bond motifs is 1. The van der Waals surface area contributed by atoms with Gasteiger partial charge in [0.05, 0.1) is 27.7 Å². The Morgan fingerprint density at radius 3 is 2.40 bits per heavy atom. The highest BCUT2D eigenvalue weighted by atomic mass is 32.2. The van der Waals surface area contributed by atoms with Crippen LogP contribution in [0.4, 0.5) is 5.69 Å². The highest BCUT2D eigenvalue weighted by Gasteiger charge is 2.19. The maximum absolute atomic E-state index is 12.6. The average molecular weight is 450 g/mol. The van der Waals surface area contributed by atoms with E-state index in [1.165, 1.54) is 57.6 Å². The zero-order chi connectivity index (χ0) is 22.2. The molecule has 30 heavy (non-hydrogen) atoms. The number of ether oxygens (including phenoxy) is 1. The minimum Gasteiger partial charge on any atom is -0.494 e. The Balaban J connectivity index is 2.05. The van der Waals surface area contributed by atoms with Crippen LogP contribution in [-0.2, 0) is 17.1 Å². The van der Waals surface area contributed by atoms with E-state index in [2.05, 4.69) is 4.99 Å². The number of rotatable bonds is 5. The molecule has 0 radical (unpaired) electrons. The summed E-state index contributed by atoms with van der Waals surface area (Å²) >= 11 is 1.11. The number of non-ortho nitro benzene ring substituents is 1. The van der Waals surface area contributed by atoms with Crippen molar-refractivity contribution in [3.05, 3.63) is 56.9 Å². The predicted molar refractivity (Wildman–Crippen MR) is 111 cm³/mol. The van der Waals surface area contributed by atoms with E-state index < -0.39 is 20.9 Å². The summed E-state index contributed by atoms with van der Waals surface area (Å²) in [5.41, 5.74) is 0.659. The van der Waals surface area contributed by atoms with E-state index in [1.807, 2.05) is 0 Å². The molecule has 0 aliphatic carbocycles. The van der Waals surface area contributed by atoms with Crippen LogP contribution in [0.2, 0.25) is 0 Å². The number of nitro groups is 1. The van der Waals surface area contributed by atoms with Crippen LogP contribution in [0, 0.1) is 10.1 Å². The number of nitro benzene ring substituents is 1. The molecule has 0 saturated carbocycles. The molecule has 12 heteroatoms. The fraction of sp³-hybridized carbons (Fsp3) is 0.222. The van der Waals surface area contributed by atoms with Gasteiger partial charge in [-0.25, -0.2) is 12.7 Å². The highest BCUT2D eigenvalue weighted by molar-refractivity contribution is 7.89. The highest BCUT2D eigenvalue weighted by Crippen LogP contribution is 2.32. The van der Waals surface area contributed by atoms with Crippen molar-refractivity contribution in [1.82, 2.24) is 8.87 Å². The van der Waals surface area contributed by atoms with E-state index >= 15 is 0 Å². The molecule has 0 unspecified atom stereocenters. The van der Waals surface area contributed by atoms with Crippen LogP contribution in [0.25, 0.3) is 10.2 Å². The van der Waals surface area contributed by atoms with Gasteiger partial charge in [0.25, 0.3) is 11.6 Å². The number of sulfonamides is 1. The normalized spacial score (nSPS) is 12.5. The molecule has 10 nitrogen and oxygen atoms in total. The first-order valence-electron chi connectivity index (χ1n) is 8.50. The lowest BCUT2D eigenvalue weighted by Crippen LogP contribution is -2.22. The molecule has 0 N–H and O–H groups in total. The molecule has 0 bridgehead atoms. The molecule has 3 aromatic rings. The number of carbonyl (C=O) groups is 1. The summed E-state index contributed by atoms with van der Waals surface area (Å²) in [4.78, 5) is 27.7. The number of hydrogen-bond acceptors (Lipinski definition) is 7. The van der Waals surface area contributed by atoms with Crippen LogP contribution in [0.3, 0.4) is 0 Å². The number of amides is 1. The molecule has 158 valence electrons. The van der Waals surface area contributed by atoms with Crippen molar-refractivity contribution in [2.45, 2.75) is 4.90 Å². The minimum atomic E-state index is -3.60. The standard InChI is InChI=1S/C18H18N4O6S2/c1-20(2)30(26,27)13-7-5-11(6-8-13)17(23)19-18-21(3)16-14(28-4)9-12(22(24)25)10-15(16)29-18/h5-10H,1-4H3. The number of hydrogen-bond donors (Lipinski definition) is 0. The summed E-state index contributed by atoms with van der Waals surface area (Å²) in [7, 11) is 2.32. The summed E-state index contributed by atoms with van der Waals surface area (Å²) in [5, 5.41) is 11.1. The molecule has 0 aliphatic heterocycles. The lowest BCUT2D eigenvalue weighted by atomic mass is 10.2. The van der Waals surface area contributed by atoms with Gasteiger partial charge in [0.2, 0.25) is 10.0 Å². The van der Waals surface area contributed by atoms with Crippen molar-refractivity contribution >= 4 is 43.2 Å². The monoisotopic (exact) mass is 450 g/mol. The van der Waals surface area contributed by atoms with Crippen molar-refractivity contribution in [3.63, 3.8) is 0 Å². The largest absolute Gasteiger partial charge is 0.494 e. The molecular formula is C18H18N4O6S2. The lowest BCUT2D eigenvalue weighted by Gasteiger charge is -2.11. The predicted octanol–water partition coefficient (Wildman–Crippen LogP) is 2.15. The molecule has 0 spiro atoms. The smallest absolute Gasteiger partial charge is 0.279 e. The van der Waals surface area contributed by atoms with E-state index in [1.54, 1.807) is 11.6 Å². The van der Waals surface area contributed by atoms with Crippen molar-refractivity contribution in [2.24, 2.45) is 12.0 Å². The van der Waals surface area contributed by atoms with Gasteiger partial charge < -0.3 is 9.30 Å². The number of nitrogens with zero attached hydrogens (tertiary/aromatic N) is 4. The number of methoxy groups -OCH3 is 1. The van der Waals surface area contributed by atoms with Crippen LogP contribution in [-0.4, -0.2) is 49.3 Å². The number of benzene rings is 2. The minimum absolute atomic E-state index is 0.0634. The Kier molecular flexibility index (Phi) is 5.74. The molecule has 0 saturated heterocycles. The first kappa shape index (κ1) is 21.6. The van der Waals surface area contributed by atoms with Gasteiger partial charge in [0.1, 0.15) is 5.52 Å². The third-order valence-electron chi connectivity index (χ3n) is 4.36. The zero-order valence-electron chi connectivity index (χ0n) is 16.5. The van der Waals surface area contributed by atoms with Crippen molar-refractivity contribution in [3.8, 4) is 5.75 Å². The van der Waals surface area contributed by atoms with Gasteiger partial charge in [-0.2, -0.15) is 4.99 Å². The van der Waals surface area contributed by atoms with Gasteiger partial charge >= 0.3 is 0 Å². The third kappa shape index (κ3) is 3.84. The Hall–Kier alpha value is -3.09. The fourth-order valence-corrected chi connectivity index (χ4v) is 4.70. The van der Waals surface area contributed by atoms with E-state index in [0.29, 0.717) is 20.8 Å². The summed E-state index contributed by atoms with van der Waals surface area (Å²) in [6.45, 7) is 0. The van der Waals surface area contributed by atoms with Crippen LogP contribution >= 0.6 is 11.3 Å². The summed E-state index contributed by atoms with van der Waals surface area (Å²) in [5.74, 6) is -0.274. The van der Waals surface area contributed by atoms with Crippen molar-refractivity contribution in [1.29, 1.82) is 0 Å². The Labute approximate surface area is 175 Å². The zero-order valence-corrected chi connectivity index (χ0v) is 18.2. The van der Waals surface area contributed by atoms with Crippen molar-refractivity contribution in [2.75, 3.05) is 21.2 Å². The first-order chi connectivity index (χ1) is 14.1. The maximum Gasteiger partial charge on any atom is 0.279 e. The number of aromatic nitrogens is 1. The van der Waals surface area contributed by atoms with Gasteiger partial charge in [-0.15, -0.1) is 0 Å². The van der Waals surface area contributed by atoms with E-state index in [9.17, 15) is 23.3 Å². The quantitative estimate of drug-likeness (QED) is 0.433. The summed E-state index contributed by atoms with van der Waals surface area (Å²) in [6, 6.07) is 8.17. The van der Waals surface area contributed by atoms with Gasteiger partial charge in [-0.1, -0.05) is 11.3 Å². The maximum atomic E-state index is 12.6. The van der Waals surface area contributed by atoms with Gasteiger partial charge in [0.15, 0.2) is 10.6 Å². The van der Waals surface area contributed by atoms with Crippen LogP contribution in [0.5, 0.6) is 5.75 Å². The number of thiazole rings is 1. The van der Waals surface area contributed by atoms with Crippen molar-refractivity contribution < 1.29 is 22.9 Å². The molecule has 1 amide bonds. The molecule has 1 heterocycles. The topological polar surface area (TPSA) is 124 Å². The molecule has 0 fully saturated rings. The molecular weight excluding hydrogens is 432 g/mol. The summed E-state index contributed by atoms with van der Waals surface area (Å²) < 4.78 is 32.8. The Morgan fingerprint density at radius 2 is 1.87 bits per heavy atom.